The van der Waals surface area contributed by atoms with Crippen molar-refractivity contribution >= 4 is 21.4 Å². The largest absolute Gasteiger partial charge is 0.338 e. The lowest BCUT2D eigenvalue weighted by Gasteiger charge is -2.30. The molecule has 2 aromatic heterocycles. The van der Waals surface area contributed by atoms with E-state index in [9.17, 15) is 8.42 Å². The van der Waals surface area contributed by atoms with Gasteiger partial charge in [0.05, 0.1) is 17.7 Å². The van der Waals surface area contributed by atoms with Gasteiger partial charge in [0.1, 0.15) is 0 Å². The molecule has 1 N–H and O–H groups in total. The van der Waals surface area contributed by atoms with Crippen molar-refractivity contribution in [2.45, 2.75) is 25.4 Å². The minimum atomic E-state index is -3.13. The Morgan fingerprint density at radius 2 is 2.23 bits per heavy atom. The number of sulfonamides is 1. The number of aromatic nitrogens is 2. The summed E-state index contributed by atoms with van der Waals surface area (Å²) >= 11 is 1.58. The van der Waals surface area contributed by atoms with Crippen LogP contribution in [0.2, 0.25) is 0 Å². The lowest BCUT2D eigenvalue weighted by atomic mass is 10.1. The molecular formula is C13H18N4O3S2. The zero-order chi connectivity index (χ0) is 15.6. The van der Waals surface area contributed by atoms with E-state index in [0.717, 1.165) is 30.8 Å². The molecule has 0 unspecified atom stereocenters. The standard InChI is InChI=1S/C13H18N4O3S2/c1-22(18,19)16-10-4-6-17(7-5-10)9-12-14-13(15-20-12)11-3-2-8-21-11/h2-3,8,10,16H,4-7,9H2,1H3. The normalized spacial score (nSPS) is 17.9. The second-order valence-corrected chi connectivity index (χ2v) is 8.16. The molecule has 22 heavy (non-hydrogen) atoms. The van der Waals surface area contributed by atoms with E-state index in [1.807, 2.05) is 17.5 Å². The molecule has 3 heterocycles. The average Bonchev–Trinajstić information content (AvgIpc) is 3.10. The summed E-state index contributed by atoms with van der Waals surface area (Å²) in [4.78, 5) is 7.60. The predicted molar refractivity (Wildman–Crippen MR) is 83.9 cm³/mol. The van der Waals surface area contributed by atoms with Crippen LogP contribution in [0.4, 0.5) is 0 Å². The van der Waals surface area contributed by atoms with Crippen LogP contribution < -0.4 is 4.72 Å². The van der Waals surface area contributed by atoms with Crippen molar-refractivity contribution < 1.29 is 12.9 Å². The molecule has 120 valence electrons. The van der Waals surface area contributed by atoms with Crippen molar-refractivity contribution in [1.29, 1.82) is 0 Å². The summed E-state index contributed by atoms with van der Waals surface area (Å²) in [5.41, 5.74) is 0. The third kappa shape index (κ3) is 4.13. The van der Waals surface area contributed by atoms with Gasteiger partial charge in [-0.2, -0.15) is 4.98 Å². The Balaban J connectivity index is 1.53. The number of nitrogens with zero attached hydrogens (tertiary/aromatic N) is 3. The first kappa shape index (κ1) is 15.6. The quantitative estimate of drug-likeness (QED) is 0.881. The summed E-state index contributed by atoms with van der Waals surface area (Å²) in [5, 5.41) is 5.97. The van der Waals surface area contributed by atoms with Crippen LogP contribution in [-0.4, -0.2) is 48.8 Å². The molecule has 0 radical (unpaired) electrons. The zero-order valence-electron chi connectivity index (χ0n) is 12.2. The van der Waals surface area contributed by atoms with Crippen LogP contribution in [0.25, 0.3) is 10.7 Å². The minimum Gasteiger partial charge on any atom is -0.338 e. The van der Waals surface area contributed by atoms with Gasteiger partial charge in [-0.15, -0.1) is 11.3 Å². The van der Waals surface area contributed by atoms with Gasteiger partial charge >= 0.3 is 0 Å². The van der Waals surface area contributed by atoms with Crippen LogP contribution in [-0.2, 0) is 16.6 Å². The SMILES string of the molecule is CS(=O)(=O)NC1CCN(Cc2nc(-c3cccs3)no2)CC1. The molecule has 0 aliphatic carbocycles. The Bertz CT molecular complexity index is 703. The first-order valence-corrected chi connectivity index (χ1v) is 9.83. The summed E-state index contributed by atoms with van der Waals surface area (Å²) < 4.78 is 30.4. The molecule has 2 aromatic rings. The predicted octanol–water partition coefficient (Wildman–Crippen LogP) is 1.31. The summed E-state index contributed by atoms with van der Waals surface area (Å²) in [6, 6.07) is 3.94. The highest BCUT2D eigenvalue weighted by atomic mass is 32.2. The van der Waals surface area contributed by atoms with E-state index in [1.54, 1.807) is 11.3 Å². The van der Waals surface area contributed by atoms with E-state index in [2.05, 4.69) is 19.8 Å². The Hall–Kier alpha value is -1.29. The number of likely N-dealkylation sites (tertiary alicyclic amines) is 1. The van der Waals surface area contributed by atoms with Crippen LogP contribution >= 0.6 is 11.3 Å². The number of nitrogens with one attached hydrogen (secondary N) is 1. The maximum absolute atomic E-state index is 11.2. The second-order valence-electron chi connectivity index (χ2n) is 5.43. The van der Waals surface area contributed by atoms with Crippen molar-refractivity contribution in [2.24, 2.45) is 0 Å². The van der Waals surface area contributed by atoms with Crippen molar-refractivity contribution in [3.8, 4) is 10.7 Å². The highest BCUT2D eigenvalue weighted by molar-refractivity contribution is 7.88. The summed E-state index contributed by atoms with van der Waals surface area (Å²) in [5.74, 6) is 1.22. The highest BCUT2D eigenvalue weighted by Crippen LogP contribution is 2.22. The fraction of sp³-hybridized carbons (Fsp3) is 0.538. The molecule has 3 rings (SSSR count). The summed E-state index contributed by atoms with van der Waals surface area (Å²) in [6.45, 7) is 2.22. The lowest BCUT2D eigenvalue weighted by Crippen LogP contribution is -2.43. The molecule has 0 aromatic carbocycles. The second kappa shape index (κ2) is 6.45. The fourth-order valence-corrected chi connectivity index (χ4v) is 4.02. The van der Waals surface area contributed by atoms with Crippen molar-refractivity contribution in [3.05, 3.63) is 23.4 Å². The topological polar surface area (TPSA) is 88.3 Å². The van der Waals surface area contributed by atoms with E-state index in [4.69, 9.17) is 4.52 Å². The monoisotopic (exact) mass is 342 g/mol. The number of piperidine rings is 1. The van der Waals surface area contributed by atoms with Crippen LogP contribution in [0.3, 0.4) is 0 Å². The van der Waals surface area contributed by atoms with E-state index in [0.29, 0.717) is 18.3 Å². The van der Waals surface area contributed by atoms with E-state index in [1.165, 1.54) is 6.26 Å². The van der Waals surface area contributed by atoms with Gasteiger partial charge in [0.25, 0.3) is 0 Å². The molecule has 0 atom stereocenters. The highest BCUT2D eigenvalue weighted by Gasteiger charge is 2.23. The van der Waals surface area contributed by atoms with Crippen molar-refractivity contribution in [2.75, 3.05) is 19.3 Å². The Labute approximate surface area is 133 Å². The molecule has 0 bridgehead atoms. The van der Waals surface area contributed by atoms with Crippen LogP contribution in [0.1, 0.15) is 18.7 Å². The molecule has 0 spiro atoms. The van der Waals surface area contributed by atoms with Gasteiger partial charge in [-0.25, -0.2) is 13.1 Å². The van der Waals surface area contributed by atoms with Gasteiger partial charge in [0, 0.05) is 19.1 Å². The van der Waals surface area contributed by atoms with Crippen LogP contribution in [0.5, 0.6) is 0 Å². The number of hydrogen-bond acceptors (Lipinski definition) is 7. The van der Waals surface area contributed by atoms with E-state index >= 15 is 0 Å². The fourth-order valence-electron chi connectivity index (χ4n) is 2.53. The third-order valence-corrected chi connectivity index (χ3v) is 5.16. The molecule has 0 amide bonds. The first-order valence-electron chi connectivity index (χ1n) is 7.06. The smallest absolute Gasteiger partial charge is 0.241 e. The Morgan fingerprint density at radius 3 is 2.86 bits per heavy atom. The molecule has 9 heteroatoms. The van der Waals surface area contributed by atoms with Crippen molar-refractivity contribution in [3.63, 3.8) is 0 Å². The zero-order valence-corrected chi connectivity index (χ0v) is 13.9. The number of rotatable bonds is 5. The van der Waals surface area contributed by atoms with Gasteiger partial charge in [-0.3, -0.25) is 4.90 Å². The average molecular weight is 342 g/mol. The van der Waals surface area contributed by atoms with Gasteiger partial charge in [-0.05, 0) is 24.3 Å². The molecule has 0 saturated carbocycles. The molecule has 1 saturated heterocycles. The molecule has 1 fully saturated rings. The van der Waals surface area contributed by atoms with Gasteiger partial charge < -0.3 is 4.52 Å². The Kier molecular flexibility index (Phi) is 4.57. The lowest BCUT2D eigenvalue weighted by molar-refractivity contribution is 0.177. The number of hydrogen-bond donors (Lipinski definition) is 1. The van der Waals surface area contributed by atoms with Crippen molar-refractivity contribution in [1.82, 2.24) is 19.8 Å². The summed E-state index contributed by atoms with van der Waals surface area (Å²) in [6.07, 6.45) is 2.78. The molecule has 7 nitrogen and oxygen atoms in total. The first-order chi connectivity index (χ1) is 10.5. The van der Waals surface area contributed by atoms with E-state index < -0.39 is 10.0 Å². The number of thiophene rings is 1. The maximum Gasteiger partial charge on any atom is 0.241 e. The third-order valence-electron chi connectivity index (χ3n) is 3.54. The van der Waals surface area contributed by atoms with Gasteiger partial charge in [-0.1, -0.05) is 11.2 Å². The molecule has 1 aliphatic rings. The Morgan fingerprint density at radius 1 is 1.45 bits per heavy atom. The molecular weight excluding hydrogens is 324 g/mol. The maximum atomic E-state index is 11.2. The van der Waals surface area contributed by atoms with Crippen LogP contribution in [0.15, 0.2) is 22.0 Å². The van der Waals surface area contributed by atoms with Gasteiger partial charge in [0.15, 0.2) is 0 Å². The van der Waals surface area contributed by atoms with Gasteiger partial charge in [0.2, 0.25) is 21.7 Å². The minimum absolute atomic E-state index is 0.0237. The summed E-state index contributed by atoms with van der Waals surface area (Å²) in [7, 11) is -3.13. The van der Waals surface area contributed by atoms with E-state index in [-0.39, 0.29) is 6.04 Å². The van der Waals surface area contributed by atoms with Crippen LogP contribution in [0, 0.1) is 0 Å². The molecule has 1 aliphatic heterocycles.